The fraction of sp³-hybridized carbons (Fsp3) is 0.562. The maximum atomic E-state index is 4.00. The van der Waals surface area contributed by atoms with Crippen molar-refractivity contribution in [1.29, 1.82) is 0 Å². The van der Waals surface area contributed by atoms with Gasteiger partial charge in [0.1, 0.15) is 0 Å². The summed E-state index contributed by atoms with van der Waals surface area (Å²) in [6.07, 6.45) is 0.868. The van der Waals surface area contributed by atoms with E-state index in [2.05, 4.69) is 66.7 Å². The average molecular weight is 217 g/mol. The van der Waals surface area contributed by atoms with Gasteiger partial charge in [-0.05, 0) is 40.9 Å². The minimum absolute atomic E-state index is 0.213. The van der Waals surface area contributed by atoms with Crippen LogP contribution in [0.3, 0.4) is 0 Å². The summed E-state index contributed by atoms with van der Waals surface area (Å²) in [6.45, 7) is 17.6. The Balaban J connectivity index is 3.33. The van der Waals surface area contributed by atoms with E-state index in [1.54, 1.807) is 0 Å². The van der Waals surface area contributed by atoms with E-state index >= 15 is 0 Å². The summed E-state index contributed by atoms with van der Waals surface area (Å²) in [5, 5.41) is 0. The fourth-order valence-corrected chi connectivity index (χ4v) is 1.70. The second kappa shape index (κ2) is 4.24. The number of hydrogen-bond donors (Lipinski definition) is 0. The van der Waals surface area contributed by atoms with Gasteiger partial charge in [-0.1, -0.05) is 59.7 Å². The van der Waals surface area contributed by atoms with Gasteiger partial charge in [0.25, 0.3) is 0 Å². The molecule has 1 rings (SSSR count). The molecule has 0 nitrogen and oxygen atoms in total. The van der Waals surface area contributed by atoms with Crippen LogP contribution >= 0.6 is 0 Å². The Bertz CT molecular complexity index is 326. The molecule has 0 unspecified atom stereocenters. The highest BCUT2D eigenvalue weighted by Crippen LogP contribution is 2.30. The third kappa shape index (κ3) is 3.10. The van der Waals surface area contributed by atoms with Crippen LogP contribution in [0.15, 0.2) is 18.2 Å². The first-order valence-electron chi connectivity index (χ1n) is 6.09. The van der Waals surface area contributed by atoms with Gasteiger partial charge in [0.15, 0.2) is 0 Å². The maximum absolute atomic E-state index is 4.00. The molecule has 16 heavy (non-hydrogen) atoms. The van der Waals surface area contributed by atoms with Crippen LogP contribution < -0.4 is 0 Å². The molecule has 1 aromatic carbocycles. The lowest BCUT2D eigenvalue weighted by Crippen LogP contribution is -2.16. The molecule has 0 aliphatic rings. The normalized spacial score (nSPS) is 12.9. The van der Waals surface area contributed by atoms with Gasteiger partial charge >= 0.3 is 0 Å². The molecule has 0 bridgehead atoms. The second-order valence-electron chi connectivity index (χ2n) is 6.67. The quantitative estimate of drug-likeness (QED) is 0.642. The summed E-state index contributed by atoms with van der Waals surface area (Å²) in [4.78, 5) is 0. The first kappa shape index (κ1) is 13.3. The molecule has 0 aliphatic carbocycles. The van der Waals surface area contributed by atoms with Crippen molar-refractivity contribution in [2.24, 2.45) is 0 Å². The van der Waals surface area contributed by atoms with Gasteiger partial charge in [-0.3, -0.25) is 0 Å². The highest BCUT2D eigenvalue weighted by Gasteiger charge is 2.19. The average Bonchev–Trinajstić information content (AvgIpc) is 2.14. The molecule has 89 valence electrons. The zero-order valence-electron chi connectivity index (χ0n) is 11.6. The van der Waals surface area contributed by atoms with E-state index in [1.807, 2.05) is 0 Å². The number of benzene rings is 1. The van der Waals surface area contributed by atoms with E-state index in [-0.39, 0.29) is 10.8 Å². The molecule has 0 aromatic heterocycles. The molecule has 0 atom stereocenters. The van der Waals surface area contributed by atoms with Gasteiger partial charge in [0.2, 0.25) is 0 Å². The summed E-state index contributed by atoms with van der Waals surface area (Å²) in [7, 11) is 0. The van der Waals surface area contributed by atoms with E-state index in [0.29, 0.717) is 0 Å². The zero-order valence-corrected chi connectivity index (χ0v) is 11.6. The van der Waals surface area contributed by atoms with Crippen LogP contribution in [0.2, 0.25) is 0 Å². The monoisotopic (exact) mass is 217 g/mol. The molecule has 0 saturated carbocycles. The van der Waals surface area contributed by atoms with E-state index < -0.39 is 0 Å². The van der Waals surface area contributed by atoms with E-state index in [0.717, 1.165) is 6.42 Å². The van der Waals surface area contributed by atoms with Crippen molar-refractivity contribution in [2.45, 2.75) is 58.8 Å². The van der Waals surface area contributed by atoms with Crippen molar-refractivity contribution in [3.8, 4) is 0 Å². The van der Waals surface area contributed by atoms with Crippen LogP contribution in [0.4, 0.5) is 0 Å². The Morgan fingerprint density at radius 3 is 1.44 bits per heavy atom. The van der Waals surface area contributed by atoms with Crippen LogP contribution in [0.5, 0.6) is 0 Å². The van der Waals surface area contributed by atoms with Crippen LogP contribution in [-0.4, -0.2) is 0 Å². The van der Waals surface area contributed by atoms with Crippen molar-refractivity contribution in [1.82, 2.24) is 0 Å². The molecule has 0 heterocycles. The predicted molar refractivity (Wildman–Crippen MR) is 72.9 cm³/mol. The largest absolute Gasteiger partial charge is 0.0561 e. The summed E-state index contributed by atoms with van der Waals surface area (Å²) < 4.78 is 0. The topological polar surface area (TPSA) is 0 Å². The summed E-state index contributed by atoms with van der Waals surface area (Å²) in [5.74, 6) is 0. The minimum atomic E-state index is 0.213. The second-order valence-corrected chi connectivity index (χ2v) is 6.67. The minimum Gasteiger partial charge on any atom is -0.0561 e. The van der Waals surface area contributed by atoms with Gasteiger partial charge in [-0.15, -0.1) is 0 Å². The third-order valence-corrected chi connectivity index (χ3v) is 3.01. The Kier molecular flexibility index (Phi) is 3.52. The Labute approximate surface area is 101 Å². The van der Waals surface area contributed by atoms with E-state index in [4.69, 9.17) is 0 Å². The summed E-state index contributed by atoms with van der Waals surface area (Å²) >= 11 is 0. The molecular weight excluding hydrogens is 192 g/mol. The standard InChI is InChI=1S/C16H25/c1-8-12-9-13(15(2,3)4)11-14(10-12)16(5,6)7/h9-11H,1,8H2,2-7H3. The molecule has 0 aliphatic heterocycles. The lowest BCUT2D eigenvalue weighted by atomic mass is 9.79. The van der Waals surface area contributed by atoms with Crippen molar-refractivity contribution >= 4 is 0 Å². The van der Waals surface area contributed by atoms with E-state index in [9.17, 15) is 0 Å². The summed E-state index contributed by atoms with van der Waals surface area (Å²) in [6, 6.07) is 6.93. The Morgan fingerprint density at radius 2 is 1.19 bits per heavy atom. The van der Waals surface area contributed by atoms with E-state index in [1.165, 1.54) is 16.7 Å². The van der Waals surface area contributed by atoms with Crippen molar-refractivity contribution in [2.75, 3.05) is 0 Å². The van der Waals surface area contributed by atoms with Crippen molar-refractivity contribution < 1.29 is 0 Å². The smallest absolute Gasteiger partial charge is 0.0132 e. The van der Waals surface area contributed by atoms with Gasteiger partial charge < -0.3 is 0 Å². The lowest BCUT2D eigenvalue weighted by molar-refractivity contribution is 0.567. The van der Waals surface area contributed by atoms with Crippen LogP contribution in [0.25, 0.3) is 0 Å². The van der Waals surface area contributed by atoms with Crippen LogP contribution in [0.1, 0.15) is 58.2 Å². The predicted octanol–water partition coefficient (Wildman–Crippen LogP) is 4.66. The number of hydrogen-bond acceptors (Lipinski definition) is 0. The molecule has 1 radical (unpaired) electrons. The summed E-state index contributed by atoms with van der Waals surface area (Å²) in [5.41, 5.74) is 4.60. The van der Waals surface area contributed by atoms with Crippen LogP contribution in [-0.2, 0) is 17.3 Å². The van der Waals surface area contributed by atoms with Gasteiger partial charge in [-0.25, -0.2) is 0 Å². The molecule has 0 saturated heterocycles. The van der Waals surface area contributed by atoms with Crippen molar-refractivity contribution in [3.05, 3.63) is 41.8 Å². The molecule has 1 aromatic rings. The van der Waals surface area contributed by atoms with Gasteiger partial charge in [0, 0.05) is 0 Å². The highest BCUT2D eigenvalue weighted by atomic mass is 14.2. The fourth-order valence-electron chi connectivity index (χ4n) is 1.70. The Morgan fingerprint density at radius 1 is 0.812 bits per heavy atom. The van der Waals surface area contributed by atoms with Gasteiger partial charge in [0.05, 0.1) is 0 Å². The SMILES string of the molecule is [CH2]Cc1cc(C(C)(C)C)cc(C(C)(C)C)c1. The molecule has 0 N–H and O–H groups in total. The Hall–Kier alpha value is -0.780. The third-order valence-electron chi connectivity index (χ3n) is 3.01. The highest BCUT2D eigenvalue weighted by molar-refractivity contribution is 5.37. The molecule has 0 heteroatoms. The van der Waals surface area contributed by atoms with Gasteiger partial charge in [-0.2, -0.15) is 0 Å². The lowest BCUT2D eigenvalue weighted by Gasteiger charge is -2.26. The van der Waals surface area contributed by atoms with Crippen LogP contribution in [0, 0.1) is 6.92 Å². The number of rotatable bonds is 1. The molecular formula is C16H25. The first-order valence-corrected chi connectivity index (χ1v) is 6.09. The molecule has 0 amide bonds. The first-order chi connectivity index (χ1) is 7.14. The molecule has 0 fully saturated rings. The zero-order chi connectivity index (χ0) is 12.6. The maximum Gasteiger partial charge on any atom is -0.0132 e. The molecule has 0 spiro atoms. The van der Waals surface area contributed by atoms with Crippen molar-refractivity contribution in [3.63, 3.8) is 0 Å².